The Balaban J connectivity index is 1.65. The number of halogens is 2. The number of rotatable bonds is 2. The standard InChI is InChI=1S/C24H16BrFN4O/c25-15-11-9-14(10-12-15)23-20-21(17-6-2-4-8-19(17)31-23)29-24-27-13-28-30(24)22(20)16-5-1-3-7-18(16)26/h1-13,22-23H,(H,27,28,29)/t22-,23+/m1/s1. The van der Waals surface area contributed by atoms with Gasteiger partial charge in [-0.2, -0.15) is 10.1 Å². The molecule has 2 aliphatic heterocycles. The molecule has 0 saturated carbocycles. The molecule has 2 atom stereocenters. The smallest absolute Gasteiger partial charge is 0.226 e. The van der Waals surface area contributed by atoms with Gasteiger partial charge in [0, 0.05) is 21.2 Å². The Morgan fingerprint density at radius 1 is 0.968 bits per heavy atom. The quantitative estimate of drug-likeness (QED) is 0.402. The molecular weight excluding hydrogens is 459 g/mol. The zero-order valence-electron chi connectivity index (χ0n) is 16.2. The second kappa shape index (κ2) is 7.06. The molecule has 0 amide bonds. The molecule has 2 aliphatic rings. The summed E-state index contributed by atoms with van der Waals surface area (Å²) in [6.45, 7) is 0. The molecular formula is C24H16BrFN4O. The van der Waals surface area contributed by atoms with E-state index in [-0.39, 0.29) is 5.82 Å². The lowest BCUT2D eigenvalue weighted by Crippen LogP contribution is -2.32. The predicted molar refractivity (Wildman–Crippen MR) is 119 cm³/mol. The number of benzene rings is 3. The van der Waals surface area contributed by atoms with Crippen LogP contribution in [0.2, 0.25) is 0 Å². The van der Waals surface area contributed by atoms with Gasteiger partial charge in [0.25, 0.3) is 0 Å². The van der Waals surface area contributed by atoms with Crippen LogP contribution in [0, 0.1) is 5.82 Å². The maximum absolute atomic E-state index is 15.1. The fourth-order valence-corrected chi connectivity index (χ4v) is 4.59. The summed E-state index contributed by atoms with van der Waals surface area (Å²) in [4.78, 5) is 4.37. The van der Waals surface area contributed by atoms with Crippen molar-refractivity contribution in [1.82, 2.24) is 14.8 Å². The summed E-state index contributed by atoms with van der Waals surface area (Å²) < 4.78 is 24.3. The minimum Gasteiger partial charge on any atom is -0.480 e. The largest absolute Gasteiger partial charge is 0.480 e. The number of para-hydroxylation sites is 1. The van der Waals surface area contributed by atoms with Crippen LogP contribution in [0.5, 0.6) is 5.75 Å². The Morgan fingerprint density at radius 2 is 1.74 bits per heavy atom. The van der Waals surface area contributed by atoms with Gasteiger partial charge in [-0.3, -0.25) is 0 Å². The van der Waals surface area contributed by atoms with E-state index < -0.39 is 12.1 Å². The van der Waals surface area contributed by atoms with Gasteiger partial charge in [-0.1, -0.05) is 58.4 Å². The number of ether oxygens (including phenoxy) is 1. The molecule has 152 valence electrons. The number of hydrogen-bond donors (Lipinski definition) is 1. The van der Waals surface area contributed by atoms with Crippen molar-refractivity contribution in [3.63, 3.8) is 0 Å². The van der Waals surface area contributed by atoms with Gasteiger partial charge in [0.1, 0.15) is 30.0 Å². The molecule has 3 aromatic carbocycles. The molecule has 0 spiro atoms. The van der Waals surface area contributed by atoms with Crippen molar-refractivity contribution < 1.29 is 9.13 Å². The van der Waals surface area contributed by atoms with Crippen molar-refractivity contribution in [2.75, 3.05) is 5.32 Å². The highest BCUT2D eigenvalue weighted by atomic mass is 79.9. The van der Waals surface area contributed by atoms with Gasteiger partial charge in [0.05, 0.1) is 5.70 Å². The van der Waals surface area contributed by atoms with Crippen LogP contribution >= 0.6 is 15.9 Å². The van der Waals surface area contributed by atoms with Gasteiger partial charge < -0.3 is 10.1 Å². The van der Waals surface area contributed by atoms with Gasteiger partial charge in [-0.15, -0.1) is 0 Å². The number of hydrogen-bond acceptors (Lipinski definition) is 4. The number of nitrogens with zero attached hydrogens (tertiary/aromatic N) is 3. The average molecular weight is 475 g/mol. The van der Waals surface area contributed by atoms with Crippen LogP contribution in [0.3, 0.4) is 0 Å². The SMILES string of the molecule is Fc1ccccc1[C@@H]1C2=C(Nc3ncnn31)c1ccccc1O[C@H]2c1ccc(Br)cc1. The van der Waals surface area contributed by atoms with E-state index in [1.165, 1.54) is 12.4 Å². The molecule has 7 heteroatoms. The van der Waals surface area contributed by atoms with E-state index >= 15 is 4.39 Å². The van der Waals surface area contributed by atoms with E-state index in [1.807, 2.05) is 54.6 Å². The number of fused-ring (bicyclic) bond motifs is 3. The first-order chi connectivity index (χ1) is 15.2. The van der Waals surface area contributed by atoms with Crippen molar-refractivity contribution in [2.24, 2.45) is 0 Å². The highest BCUT2D eigenvalue weighted by Crippen LogP contribution is 2.50. The van der Waals surface area contributed by atoms with Crippen LogP contribution in [0.4, 0.5) is 10.3 Å². The summed E-state index contributed by atoms with van der Waals surface area (Å²) in [5.74, 6) is 1.04. The van der Waals surface area contributed by atoms with Crippen molar-refractivity contribution in [3.8, 4) is 5.75 Å². The first kappa shape index (κ1) is 18.3. The highest BCUT2D eigenvalue weighted by Gasteiger charge is 2.41. The lowest BCUT2D eigenvalue weighted by atomic mass is 9.84. The molecule has 6 rings (SSSR count). The van der Waals surface area contributed by atoms with Crippen LogP contribution in [0.25, 0.3) is 5.70 Å². The third-order valence-electron chi connectivity index (χ3n) is 5.69. The summed E-state index contributed by atoms with van der Waals surface area (Å²) in [6.07, 6.45) is 1.06. The van der Waals surface area contributed by atoms with E-state index in [0.29, 0.717) is 11.5 Å². The molecule has 0 radical (unpaired) electrons. The molecule has 31 heavy (non-hydrogen) atoms. The van der Waals surface area contributed by atoms with E-state index in [0.717, 1.165) is 32.6 Å². The molecule has 4 aromatic rings. The van der Waals surface area contributed by atoms with E-state index in [1.54, 1.807) is 16.8 Å². The fourth-order valence-electron chi connectivity index (χ4n) is 4.33. The first-order valence-electron chi connectivity index (χ1n) is 9.87. The van der Waals surface area contributed by atoms with Crippen molar-refractivity contribution in [2.45, 2.75) is 12.1 Å². The lowest BCUT2D eigenvalue weighted by molar-refractivity contribution is 0.222. The molecule has 0 fully saturated rings. The van der Waals surface area contributed by atoms with E-state index in [4.69, 9.17) is 4.74 Å². The van der Waals surface area contributed by atoms with Crippen molar-refractivity contribution in [3.05, 3.63) is 112 Å². The maximum atomic E-state index is 15.1. The summed E-state index contributed by atoms with van der Waals surface area (Å²) in [5.41, 5.74) is 4.18. The predicted octanol–water partition coefficient (Wildman–Crippen LogP) is 5.74. The zero-order chi connectivity index (χ0) is 20.9. The molecule has 3 heterocycles. The van der Waals surface area contributed by atoms with Crippen LogP contribution in [0.15, 0.2) is 89.2 Å². The Kier molecular flexibility index (Phi) is 4.17. The third-order valence-corrected chi connectivity index (χ3v) is 6.22. The zero-order valence-corrected chi connectivity index (χ0v) is 17.8. The van der Waals surface area contributed by atoms with Crippen molar-refractivity contribution in [1.29, 1.82) is 0 Å². The second-order valence-electron chi connectivity index (χ2n) is 7.45. The molecule has 1 aromatic heterocycles. The molecule has 1 N–H and O–H groups in total. The van der Waals surface area contributed by atoms with Gasteiger partial charge >= 0.3 is 0 Å². The minimum atomic E-state index is -0.503. The maximum Gasteiger partial charge on any atom is 0.226 e. The molecule has 0 bridgehead atoms. The number of anilines is 1. The monoisotopic (exact) mass is 474 g/mol. The summed E-state index contributed by atoms with van der Waals surface area (Å²) in [6, 6.07) is 22.1. The summed E-state index contributed by atoms with van der Waals surface area (Å²) in [7, 11) is 0. The lowest BCUT2D eigenvalue weighted by Gasteiger charge is -2.39. The van der Waals surface area contributed by atoms with Gasteiger partial charge in [-0.25, -0.2) is 9.07 Å². The van der Waals surface area contributed by atoms with Gasteiger partial charge in [-0.05, 0) is 35.9 Å². The third kappa shape index (κ3) is 2.88. The molecule has 0 unspecified atom stereocenters. The Bertz CT molecular complexity index is 1330. The normalized spacial score (nSPS) is 19.0. The highest BCUT2D eigenvalue weighted by molar-refractivity contribution is 9.10. The molecule has 0 saturated heterocycles. The van der Waals surface area contributed by atoms with E-state index in [9.17, 15) is 0 Å². The number of nitrogens with one attached hydrogen (secondary N) is 1. The topological polar surface area (TPSA) is 52.0 Å². The number of aromatic nitrogens is 3. The fraction of sp³-hybridized carbons (Fsp3) is 0.0833. The van der Waals surface area contributed by atoms with E-state index in [2.05, 4.69) is 31.3 Å². The van der Waals surface area contributed by atoms with Crippen molar-refractivity contribution >= 4 is 27.6 Å². The van der Waals surface area contributed by atoms with Crippen LogP contribution in [-0.2, 0) is 0 Å². The molecule has 0 aliphatic carbocycles. The van der Waals surface area contributed by atoms with Crippen LogP contribution < -0.4 is 10.1 Å². The Morgan fingerprint density at radius 3 is 2.58 bits per heavy atom. The van der Waals surface area contributed by atoms with Crippen LogP contribution in [0.1, 0.15) is 28.8 Å². The van der Waals surface area contributed by atoms with Gasteiger partial charge in [0.15, 0.2) is 0 Å². The first-order valence-corrected chi connectivity index (χ1v) is 10.7. The Hall–Kier alpha value is -3.45. The average Bonchev–Trinajstić information content (AvgIpc) is 3.27. The minimum absolute atomic E-state index is 0.295. The van der Waals surface area contributed by atoms with Crippen LogP contribution in [-0.4, -0.2) is 14.8 Å². The summed E-state index contributed by atoms with van der Waals surface area (Å²) >= 11 is 3.50. The Labute approximate surface area is 186 Å². The second-order valence-corrected chi connectivity index (χ2v) is 8.37. The van der Waals surface area contributed by atoms with Gasteiger partial charge in [0.2, 0.25) is 5.95 Å². The molecule has 5 nitrogen and oxygen atoms in total. The summed E-state index contributed by atoms with van der Waals surface area (Å²) in [5, 5.41) is 7.85.